The van der Waals surface area contributed by atoms with Crippen LogP contribution in [-0.4, -0.2) is 22.5 Å². The Morgan fingerprint density at radius 3 is 2.37 bits per heavy atom. The number of carbonyl (C=O) groups is 2. The summed E-state index contributed by atoms with van der Waals surface area (Å²) in [7, 11) is 0. The van der Waals surface area contributed by atoms with Crippen molar-refractivity contribution in [2.75, 3.05) is 5.32 Å². The second kappa shape index (κ2) is 11.4. The minimum atomic E-state index is -0.503. The van der Waals surface area contributed by atoms with Crippen LogP contribution in [0.25, 0.3) is 22.2 Å². The third-order valence-corrected chi connectivity index (χ3v) is 6.29. The van der Waals surface area contributed by atoms with E-state index in [-0.39, 0.29) is 11.8 Å². The van der Waals surface area contributed by atoms with Crippen molar-refractivity contribution in [3.8, 4) is 11.3 Å². The van der Waals surface area contributed by atoms with Gasteiger partial charge in [-0.25, -0.2) is 10.4 Å². The second-order valence-corrected chi connectivity index (χ2v) is 10.4. The normalized spacial score (nSPS) is 11.9. The average molecular weight is 507 g/mol. The van der Waals surface area contributed by atoms with Crippen LogP contribution in [0.1, 0.15) is 62.5 Å². The first-order valence-corrected chi connectivity index (χ1v) is 12.9. The first kappa shape index (κ1) is 26.7. The van der Waals surface area contributed by atoms with E-state index in [4.69, 9.17) is 4.98 Å². The van der Waals surface area contributed by atoms with Crippen LogP contribution in [0, 0.1) is 5.41 Å². The van der Waals surface area contributed by atoms with Crippen molar-refractivity contribution >= 4 is 34.1 Å². The number of hydrazone groups is 1. The van der Waals surface area contributed by atoms with E-state index < -0.39 is 5.41 Å². The summed E-state index contributed by atoms with van der Waals surface area (Å²) >= 11 is 0. The first-order chi connectivity index (χ1) is 18.2. The Balaban J connectivity index is 1.59. The highest BCUT2D eigenvalue weighted by molar-refractivity contribution is 6.08. The molecule has 6 heteroatoms. The molecule has 0 spiro atoms. The van der Waals surface area contributed by atoms with E-state index in [1.807, 2.05) is 82.3 Å². The van der Waals surface area contributed by atoms with Gasteiger partial charge in [-0.1, -0.05) is 88.7 Å². The molecule has 0 aliphatic rings. The lowest BCUT2D eigenvalue weighted by Crippen LogP contribution is -2.27. The molecular formula is C32H34N4O2. The average Bonchev–Trinajstić information content (AvgIpc) is 2.91. The van der Waals surface area contributed by atoms with Gasteiger partial charge in [0.15, 0.2) is 0 Å². The van der Waals surface area contributed by atoms with Crippen LogP contribution in [0.5, 0.6) is 0 Å². The van der Waals surface area contributed by atoms with Gasteiger partial charge in [0.05, 0.1) is 22.5 Å². The van der Waals surface area contributed by atoms with Crippen LogP contribution in [0.2, 0.25) is 0 Å². The van der Waals surface area contributed by atoms with Gasteiger partial charge < -0.3 is 5.32 Å². The van der Waals surface area contributed by atoms with Crippen LogP contribution >= 0.6 is 0 Å². The molecule has 6 nitrogen and oxygen atoms in total. The fraction of sp³-hybridized carbons (Fsp3) is 0.250. The van der Waals surface area contributed by atoms with E-state index in [0.717, 1.165) is 40.6 Å². The molecule has 0 atom stereocenters. The molecule has 38 heavy (non-hydrogen) atoms. The van der Waals surface area contributed by atoms with Gasteiger partial charge in [-0.15, -0.1) is 0 Å². The molecule has 1 aromatic heterocycles. The number of hydrogen-bond donors (Lipinski definition) is 2. The number of aromatic nitrogens is 1. The molecule has 2 N–H and O–H groups in total. The van der Waals surface area contributed by atoms with E-state index in [1.54, 1.807) is 0 Å². The summed E-state index contributed by atoms with van der Waals surface area (Å²) in [5, 5.41) is 8.06. The number of rotatable bonds is 7. The number of para-hydroxylation sites is 1. The quantitative estimate of drug-likeness (QED) is 0.209. The number of amides is 2. The van der Waals surface area contributed by atoms with Gasteiger partial charge >= 0.3 is 0 Å². The van der Waals surface area contributed by atoms with Crippen LogP contribution in [0.4, 0.5) is 5.69 Å². The minimum Gasteiger partial charge on any atom is -0.326 e. The van der Waals surface area contributed by atoms with Gasteiger partial charge in [0.2, 0.25) is 5.91 Å². The fourth-order valence-corrected chi connectivity index (χ4v) is 4.04. The van der Waals surface area contributed by atoms with Gasteiger partial charge in [-0.3, -0.25) is 9.59 Å². The molecule has 0 unspecified atom stereocenters. The summed E-state index contributed by atoms with van der Waals surface area (Å²) < 4.78 is 0. The number of nitrogens with zero attached hydrogens (tertiary/aromatic N) is 2. The SMILES string of the molecule is CCCc1ccc(-c2cc(C(=O)N/N=C(\C)c3cccc(NC(=O)C(C)(C)C)c3)c3ccccc3n2)cc1. The monoisotopic (exact) mass is 506 g/mol. The Kier molecular flexibility index (Phi) is 8.01. The summed E-state index contributed by atoms with van der Waals surface area (Å²) in [6.45, 7) is 9.58. The zero-order valence-corrected chi connectivity index (χ0v) is 22.6. The molecule has 0 bridgehead atoms. The van der Waals surface area contributed by atoms with Crippen LogP contribution in [0.3, 0.4) is 0 Å². The number of aryl methyl sites for hydroxylation is 1. The Labute approximate surface area is 224 Å². The van der Waals surface area contributed by atoms with E-state index in [9.17, 15) is 9.59 Å². The lowest BCUT2D eigenvalue weighted by atomic mass is 9.95. The summed E-state index contributed by atoms with van der Waals surface area (Å²) in [4.78, 5) is 30.5. The zero-order chi connectivity index (χ0) is 27.3. The van der Waals surface area contributed by atoms with Gasteiger partial charge in [0.25, 0.3) is 5.91 Å². The van der Waals surface area contributed by atoms with Gasteiger partial charge in [0.1, 0.15) is 0 Å². The number of fused-ring (bicyclic) bond motifs is 1. The third kappa shape index (κ3) is 6.32. The van der Waals surface area contributed by atoms with Crippen molar-refractivity contribution in [2.24, 2.45) is 10.5 Å². The molecule has 4 rings (SSSR count). The van der Waals surface area contributed by atoms with Crippen molar-refractivity contribution < 1.29 is 9.59 Å². The van der Waals surface area contributed by atoms with Crippen LogP contribution < -0.4 is 10.7 Å². The largest absolute Gasteiger partial charge is 0.326 e. The predicted octanol–water partition coefficient (Wildman–Crippen LogP) is 6.99. The molecule has 0 aliphatic carbocycles. The number of pyridine rings is 1. The summed E-state index contributed by atoms with van der Waals surface area (Å²) in [5.74, 6) is -0.387. The van der Waals surface area contributed by atoms with Crippen LogP contribution in [-0.2, 0) is 11.2 Å². The molecule has 1 heterocycles. The predicted molar refractivity (Wildman–Crippen MR) is 155 cm³/mol. The molecule has 0 saturated heterocycles. The maximum Gasteiger partial charge on any atom is 0.272 e. The number of hydrogen-bond acceptors (Lipinski definition) is 4. The Hall–Kier alpha value is -4.32. The maximum atomic E-state index is 13.3. The van der Waals surface area contributed by atoms with E-state index in [0.29, 0.717) is 17.0 Å². The smallest absolute Gasteiger partial charge is 0.272 e. The highest BCUT2D eigenvalue weighted by atomic mass is 16.2. The second-order valence-electron chi connectivity index (χ2n) is 10.4. The van der Waals surface area contributed by atoms with Crippen molar-refractivity contribution in [1.29, 1.82) is 0 Å². The molecule has 0 aliphatic heterocycles. The molecule has 4 aromatic rings. The summed E-state index contributed by atoms with van der Waals surface area (Å²) in [6, 6.07) is 25.2. The van der Waals surface area contributed by atoms with E-state index in [2.05, 4.69) is 47.0 Å². The van der Waals surface area contributed by atoms with Crippen molar-refractivity contribution in [2.45, 2.75) is 47.5 Å². The lowest BCUT2D eigenvalue weighted by Gasteiger charge is -2.18. The first-order valence-electron chi connectivity index (χ1n) is 12.9. The summed E-state index contributed by atoms with van der Waals surface area (Å²) in [6.07, 6.45) is 2.12. The fourth-order valence-electron chi connectivity index (χ4n) is 4.04. The van der Waals surface area contributed by atoms with E-state index >= 15 is 0 Å². The Morgan fingerprint density at radius 2 is 1.66 bits per heavy atom. The Bertz CT molecular complexity index is 1500. The van der Waals surface area contributed by atoms with E-state index in [1.165, 1.54) is 5.56 Å². The number of nitrogens with one attached hydrogen (secondary N) is 2. The van der Waals surface area contributed by atoms with Crippen molar-refractivity contribution in [3.63, 3.8) is 0 Å². The minimum absolute atomic E-state index is 0.0714. The lowest BCUT2D eigenvalue weighted by molar-refractivity contribution is -0.123. The van der Waals surface area contributed by atoms with Crippen LogP contribution in [0.15, 0.2) is 84.0 Å². The Morgan fingerprint density at radius 1 is 0.921 bits per heavy atom. The summed E-state index contributed by atoms with van der Waals surface area (Å²) in [5.41, 5.74) is 8.53. The number of carbonyl (C=O) groups excluding carboxylic acids is 2. The zero-order valence-electron chi connectivity index (χ0n) is 22.6. The van der Waals surface area contributed by atoms with Crippen molar-refractivity contribution in [3.05, 3.63) is 95.6 Å². The molecule has 0 saturated carbocycles. The standard InChI is InChI=1S/C32H34N4O2/c1-6-10-22-15-17-23(18-16-22)29-20-27(26-13-7-8-14-28(26)34-29)30(37)36-35-21(2)24-11-9-12-25(19-24)33-31(38)32(3,4)5/h7-9,11-20H,6,10H2,1-5H3,(H,33,38)(H,36,37)/b35-21+. The maximum absolute atomic E-state index is 13.3. The topological polar surface area (TPSA) is 83.5 Å². The highest BCUT2D eigenvalue weighted by Gasteiger charge is 2.21. The molecule has 0 radical (unpaired) electrons. The number of benzene rings is 3. The molecule has 2 amide bonds. The molecule has 3 aromatic carbocycles. The van der Waals surface area contributed by atoms with Gasteiger partial charge in [0, 0.05) is 22.1 Å². The van der Waals surface area contributed by atoms with Gasteiger partial charge in [-0.2, -0.15) is 5.10 Å². The molecular weight excluding hydrogens is 472 g/mol. The highest BCUT2D eigenvalue weighted by Crippen LogP contribution is 2.26. The number of anilines is 1. The molecule has 194 valence electrons. The molecule has 0 fully saturated rings. The van der Waals surface area contributed by atoms with Crippen molar-refractivity contribution in [1.82, 2.24) is 10.4 Å². The van der Waals surface area contributed by atoms with Gasteiger partial charge in [-0.05, 0) is 48.7 Å². The third-order valence-electron chi connectivity index (χ3n) is 6.29.